The number of carboxylic acids is 1. The van der Waals surface area contributed by atoms with Crippen LogP contribution in [-0.2, 0) is 14.3 Å². The number of hydrogen-bond donors (Lipinski definition) is 1. The molecule has 1 aliphatic rings. The van der Waals surface area contributed by atoms with Gasteiger partial charge in [0.2, 0.25) is 0 Å². The van der Waals surface area contributed by atoms with Crippen molar-refractivity contribution in [2.24, 2.45) is 11.8 Å². The zero-order valence-electron chi connectivity index (χ0n) is 13.4. The quantitative estimate of drug-likeness (QED) is 0.546. The topological polar surface area (TPSA) is 63.6 Å². The predicted octanol–water partition coefficient (Wildman–Crippen LogP) is 3.73. The van der Waals surface area contributed by atoms with E-state index in [9.17, 15) is 9.59 Å². The van der Waals surface area contributed by atoms with Gasteiger partial charge in [0.1, 0.15) is 5.60 Å². The van der Waals surface area contributed by atoms with Crippen LogP contribution in [0.25, 0.3) is 0 Å². The monoisotopic (exact) mass is 316 g/mol. The second-order valence-electron chi connectivity index (χ2n) is 6.51. The molecule has 5 heteroatoms. The zero-order valence-corrected chi connectivity index (χ0v) is 14.2. The molecular formula is C16H28O4S. The van der Waals surface area contributed by atoms with Crippen LogP contribution >= 0.6 is 11.8 Å². The Morgan fingerprint density at radius 2 is 1.81 bits per heavy atom. The Bertz CT molecular complexity index is 346. The van der Waals surface area contributed by atoms with Gasteiger partial charge in [-0.05, 0) is 44.4 Å². The normalized spacial score (nSPS) is 25.8. The van der Waals surface area contributed by atoms with Crippen LogP contribution in [0.5, 0.6) is 0 Å². The number of rotatable bonds is 8. The summed E-state index contributed by atoms with van der Waals surface area (Å²) in [5.74, 6) is 1.70. The maximum atomic E-state index is 11.9. The zero-order chi connectivity index (χ0) is 15.9. The fourth-order valence-electron chi connectivity index (χ4n) is 2.76. The van der Waals surface area contributed by atoms with Crippen LogP contribution in [0.4, 0.5) is 0 Å². The minimum Gasteiger partial charge on any atom is -0.481 e. The van der Waals surface area contributed by atoms with E-state index in [0.29, 0.717) is 23.8 Å². The van der Waals surface area contributed by atoms with Crippen molar-refractivity contribution in [3.05, 3.63) is 0 Å². The molecule has 1 rings (SSSR count). The smallest absolute Gasteiger partial charge is 0.307 e. The summed E-state index contributed by atoms with van der Waals surface area (Å²) in [6.45, 7) is 6.56. The third-order valence-electron chi connectivity index (χ3n) is 4.30. The van der Waals surface area contributed by atoms with Gasteiger partial charge >= 0.3 is 11.9 Å². The summed E-state index contributed by atoms with van der Waals surface area (Å²) in [7, 11) is 0. The molecule has 0 aliphatic heterocycles. The lowest BCUT2D eigenvalue weighted by molar-refractivity contribution is -0.161. The number of aliphatic carboxylic acids is 1. The highest BCUT2D eigenvalue weighted by Crippen LogP contribution is 2.37. The van der Waals surface area contributed by atoms with Crippen LogP contribution in [0.2, 0.25) is 0 Å². The van der Waals surface area contributed by atoms with E-state index in [0.717, 1.165) is 31.6 Å². The maximum absolute atomic E-state index is 11.9. The van der Waals surface area contributed by atoms with Crippen LogP contribution in [0, 0.1) is 11.8 Å². The van der Waals surface area contributed by atoms with E-state index >= 15 is 0 Å². The second kappa shape index (κ2) is 8.66. The minimum absolute atomic E-state index is 0.147. The first kappa shape index (κ1) is 18.3. The van der Waals surface area contributed by atoms with E-state index in [1.54, 1.807) is 0 Å². The van der Waals surface area contributed by atoms with Crippen molar-refractivity contribution in [1.29, 1.82) is 0 Å². The van der Waals surface area contributed by atoms with Gasteiger partial charge in [-0.3, -0.25) is 9.59 Å². The number of hydrogen-bond acceptors (Lipinski definition) is 4. The highest BCUT2D eigenvalue weighted by Gasteiger charge is 2.35. The number of carbonyl (C=O) groups is 2. The molecule has 122 valence electrons. The number of carbonyl (C=O) groups excluding carboxylic acids is 1. The molecule has 0 heterocycles. The molecule has 4 nitrogen and oxygen atoms in total. The van der Waals surface area contributed by atoms with Crippen molar-refractivity contribution >= 4 is 23.7 Å². The summed E-state index contributed by atoms with van der Waals surface area (Å²) in [5, 5.41) is 8.53. The largest absolute Gasteiger partial charge is 0.481 e. The van der Waals surface area contributed by atoms with E-state index < -0.39 is 5.97 Å². The van der Waals surface area contributed by atoms with Gasteiger partial charge in [0.15, 0.2) is 0 Å². The first-order chi connectivity index (χ1) is 9.82. The lowest BCUT2D eigenvalue weighted by Crippen LogP contribution is -2.37. The van der Waals surface area contributed by atoms with Gasteiger partial charge in [-0.15, -0.1) is 0 Å². The third kappa shape index (κ3) is 7.21. The molecule has 0 aromatic heterocycles. The molecule has 0 atom stereocenters. The fourth-order valence-corrected chi connectivity index (χ4v) is 3.60. The number of carboxylic acid groups (broad SMARTS) is 1. The van der Waals surface area contributed by atoms with Crippen LogP contribution in [0.1, 0.15) is 59.3 Å². The molecule has 0 amide bonds. The molecule has 1 N–H and O–H groups in total. The maximum Gasteiger partial charge on any atom is 0.307 e. The molecule has 0 saturated heterocycles. The average molecular weight is 316 g/mol. The molecular weight excluding hydrogens is 288 g/mol. The molecule has 1 saturated carbocycles. The van der Waals surface area contributed by atoms with Crippen LogP contribution in [-0.4, -0.2) is 34.2 Å². The van der Waals surface area contributed by atoms with Gasteiger partial charge in [0.25, 0.3) is 0 Å². The lowest BCUT2D eigenvalue weighted by Gasteiger charge is -2.38. The van der Waals surface area contributed by atoms with Crippen molar-refractivity contribution in [3.63, 3.8) is 0 Å². The summed E-state index contributed by atoms with van der Waals surface area (Å²) in [4.78, 5) is 22.2. The van der Waals surface area contributed by atoms with Gasteiger partial charge in [0.05, 0.1) is 12.8 Å². The second-order valence-corrected chi connectivity index (χ2v) is 7.74. The summed E-state index contributed by atoms with van der Waals surface area (Å²) in [5.41, 5.74) is -0.297. The first-order valence-electron chi connectivity index (χ1n) is 7.84. The molecule has 0 aromatic rings. The van der Waals surface area contributed by atoms with E-state index in [2.05, 4.69) is 13.8 Å². The van der Waals surface area contributed by atoms with Crippen LogP contribution in [0.3, 0.4) is 0 Å². The Hall–Kier alpha value is -0.710. The minimum atomic E-state index is -0.792. The Morgan fingerprint density at radius 1 is 1.24 bits per heavy atom. The van der Waals surface area contributed by atoms with Crippen molar-refractivity contribution < 1.29 is 19.4 Å². The molecule has 1 fully saturated rings. The summed E-state index contributed by atoms with van der Waals surface area (Å²) in [6.07, 6.45) is 4.69. The Balaban J connectivity index is 2.20. The molecule has 21 heavy (non-hydrogen) atoms. The van der Waals surface area contributed by atoms with Crippen LogP contribution < -0.4 is 0 Å². The summed E-state index contributed by atoms with van der Waals surface area (Å²) >= 11 is 1.49. The van der Waals surface area contributed by atoms with E-state index in [4.69, 9.17) is 9.84 Å². The average Bonchev–Trinajstić information content (AvgIpc) is 2.37. The molecule has 0 spiro atoms. The van der Waals surface area contributed by atoms with Gasteiger partial charge in [-0.25, -0.2) is 0 Å². The SMILES string of the molecule is CC(C)C1CCC(C)(OC(=O)CCSCCC(=O)O)CC1. The Kier molecular flexibility index (Phi) is 7.57. The standard InChI is InChI=1S/C16H28O4S/c1-12(2)13-4-8-16(3,9-5-13)20-15(19)7-11-21-10-6-14(17)18/h12-13H,4-11H2,1-3H3,(H,17,18). The Morgan fingerprint density at radius 3 is 2.33 bits per heavy atom. The van der Waals surface area contributed by atoms with Crippen molar-refractivity contribution in [2.45, 2.75) is 64.9 Å². The van der Waals surface area contributed by atoms with E-state index in [1.165, 1.54) is 11.8 Å². The van der Waals surface area contributed by atoms with Crippen molar-refractivity contribution in [2.75, 3.05) is 11.5 Å². The molecule has 0 radical (unpaired) electrons. The van der Waals surface area contributed by atoms with Gasteiger partial charge in [0, 0.05) is 11.5 Å². The number of ether oxygens (including phenoxy) is 1. The fraction of sp³-hybridized carbons (Fsp3) is 0.875. The first-order valence-corrected chi connectivity index (χ1v) is 8.99. The van der Waals surface area contributed by atoms with Gasteiger partial charge < -0.3 is 9.84 Å². The molecule has 0 bridgehead atoms. The number of thioether (sulfide) groups is 1. The lowest BCUT2D eigenvalue weighted by atomic mass is 9.75. The highest BCUT2D eigenvalue weighted by molar-refractivity contribution is 7.99. The third-order valence-corrected chi connectivity index (χ3v) is 5.29. The van der Waals surface area contributed by atoms with E-state index in [1.807, 2.05) is 6.92 Å². The Labute approximate surface area is 132 Å². The van der Waals surface area contributed by atoms with Crippen molar-refractivity contribution in [3.8, 4) is 0 Å². The van der Waals surface area contributed by atoms with E-state index in [-0.39, 0.29) is 18.0 Å². The summed E-state index contributed by atoms with van der Waals surface area (Å²) < 4.78 is 5.67. The number of esters is 1. The van der Waals surface area contributed by atoms with Gasteiger partial charge in [-0.2, -0.15) is 11.8 Å². The summed E-state index contributed by atoms with van der Waals surface area (Å²) in [6, 6.07) is 0. The van der Waals surface area contributed by atoms with Crippen LogP contribution in [0.15, 0.2) is 0 Å². The molecule has 1 aliphatic carbocycles. The molecule has 0 unspecified atom stereocenters. The molecule has 0 aromatic carbocycles. The predicted molar refractivity (Wildman–Crippen MR) is 85.5 cm³/mol. The van der Waals surface area contributed by atoms with Crippen molar-refractivity contribution in [1.82, 2.24) is 0 Å². The van der Waals surface area contributed by atoms with Gasteiger partial charge in [-0.1, -0.05) is 13.8 Å². The highest BCUT2D eigenvalue weighted by atomic mass is 32.2.